The lowest BCUT2D eigenvalue weighted by Gasteiger charge is -2.14. The molecule has 136 valence electrons. The van der Waals surface area contributed by atoms with Gasteiger partial charge in [-0.25, -0.2) is 4.63 Å². The van der Waals surface area contributed by atoms with Gasteiger partial charge in [-0.15, -0.1) is 0 Å². The number of hydrogen-bond acceptors (Lipinski definition) is 7. The summed E-state index contributed by atoms with van der Waals surface area (Å²) in [6, 6.07) is 3.44. The molecule has 0 aliphatic rings. The molecule has 2 rings (SSSR count). The maximum atomic E-state index is 11.8. The molecule has 0 saturated heterocycles. The molecule has 4 N–H and O–H groups in total. The number of benzene rings is 1. The highest BCUT2D eigenvalue weighted by atomic mass is 35.5. The Morgan fingerprint density at radius 1 is 1.32 bits per heavy atom. The van der Waals surface area contributed by atoms with Gasteiger partial charge in [-0.1, -0.05) is 30.1 Å². The van der Waals surface area contributed by atoms with E-state index in [-0.39, 0.29) is 11.5 Å². The summed E-state index contributed by atoms with van der Waals surface area (Å²) in [6.07, 6.45) is 0.873. The molecule has 0 fully saturated rings. The zero-order valence-corrected chi connectivity index (χ0v) is 15.2. The van der Waals surface area contributed by atoms with Gasteiger partial charge in [0, 0.05) is 30.2 Å². The predicted molar refractivity (Wildman–Crippen MR) is 95.0 cm³/mol. The van der Waals surface area contributed by atoms with Crippen LogP contribution in [0.15, 0.2) is 16.8 Å². The maximum Gasteiger partial charge on any atom is 0.277 e. The minimum Gasteiger partial charge on any atom is -0.492 e. The fourth-order valence-electron chi connectivity index (χ4n) is 2.03. The van der Waals surface area contributed by atoms with Crippen LogP contribution in [0.2, 0.25) is 10.0 Å². The van der Waals surface area contributed by atoms with Crippen LogP contribution < -0.4 is 21.1 Å². The van der Waals surface area contributed by atoms with Gasteiger partial charge >= 0.3 is 0 Å². The Morgan fingerprint density at radius 2 is 2.12 bits per heavy atom. The van der Waals surface area contributed by atoms with Crippen LogP contribution in [0.5, 0.6) is 5.75 Å². The van der Waals surface area contributed by atoms with E-state index in [1.165, 1.54) is 0 Å². The lowest BCUT2D eigenvalue weighted by Crippen LogP contribution is -2.32. The highest BCUT2D eigenvalue weighted by molar-refractivity contribution is 6.35. The molecule has 0 unspecified atom stereocenters. The quantitative estimate of drug-likeness (QED) is 0.565. The van der Waals surface area contributed by atoms with Crippen molar-refractivity contribution in [1.29, 1.82) is 0 Å². The molecule has 0 aliphatic heterocycles. The zero-order valence-electron chi connectivity index (χ0n) is 13.6. The number of carbonyl (C=O) groups excluding carboxylic acids is 1. The van der Waals surface area contributed by atoms with Crippen LogP contribution in [0.4, 0.5) is 5.82 Å². The number of ether oxygens (including phenoxy) is 1. The normalized spacial score (nSPS) is 10.7. The smallest absolute Gasteiger partial charge is 0.277 e. The summed E-state index contributed by atoms with van der Waals surface area (Å²) in [5.41, 5.74) is 6.27. The van der Waals surface area contributed by atoms with Gasteiger partial charge in [0.15, 0.2) is 0 Å². The Kier molecular flexibility index (Phi) is 7.30. The summed E-state index contributed by atoms with van der Waals surface area (Å²) in [7, 11) is 0. The number of carbonyl (C=O) groups is 1. The average molecular weight is 388 g/mol. The third-order valence-corrected chi connectivity index (χ3v) is 3.67. The first-order chi connectivity index (χ1) is 12.0. The van der Waals surface area contributed by atoms with Crippen molar-refractivity contribution < 1.29 is 14.2 Å². The number of nitrogen functional groups attached to an aromatic ring is 1. The molecule has 2 aromatic rings. The van der Waals surface area contributed by atoms with Crippen molar-refractivity contribution in [2.45, 2.75) is 19.9 Å². The molecule has 25 heavy (non-hydrogen) atoms. The molecular weight excluding hydrogens is 369 g/mol. The van der Waals surface area contributed by atoms with E-state index >= 15 is 0 Å². The average Bonchev–Trinajstić information content (AvgIpc) is 2.99. The Labute approximate surface area is 155 Å². The van der Waals surface area contributed by atoms with Crippen molar-refractivity contribution in [3.05, 3.63) is 33.4 Å². The Hall–Kier alpha value is -2.03. The monoisotopic (exact) mass is 387 g/mol. The minimum absolute atomic E-state index is 0.0307. The topological polar surface area (TPSA) is 115 Å². The largest absolute Gasteiger partial charge is 0.492 e. The zero-order chi connectivity index (χ0) is 18.2. The number of halogens is 2. The Balaban J connectivity index is 1.83. The number of nitrogens with one attached hydrogen (secondary N) is 2. The molecule has 0 aliphatic carbocycles. The van der Waals surface area contributed by atoms with Gasteiger partial charge in [0.05, 0.1) is 11.6 Å². The first kappa shape index (κ1) is 19.3. The molecule has 0 radical (unpaired) electrons. The van der Waals surface area contributed by atoms with E-state index in [9.17, 15) is 4.79 Å². The maximum absolute atomic E-state index is 11.8. The summed E-state index contributed by atoms with van der Waals surface area (Å²) in [5.74, 6) is 0.126. The molecule has 1 heterocycles. The van der Waals surface area contributed by atoms with Crippen molar-refractivity contribution in [3.8, 4) is 5.75 Å². The minimum atomic E-state index is -0.446. The first-order valence-corrected chi connectivity index (χ1v) is 8.46. The second-order valence-corrected chi connectivity index (χ2v) is 6.00. The van der Waals surface area contributed by atoms with Gasteiger partial charge in [-0.2, -0.15) is 0 Å². The molecule has 0 spiro atoms. The Morgan fingerprint density at radius 3 is 2.80 bits per heavy atom. The lowest BCUT2D eigenvalue weighted by molar-refractivity contribution is 0.0944. The number of anilines is 1. The van der Waals surface area contributed by atoms with Crippen LogP contribution >= 0.6 is 23.2 Å². The number of hydrogen-bond donors (Lipinski definition) is 3. The van der Waals surface area contributed by atoms with Gasteiger partial charge in [-0.05, 0) is 28.9 Å². The number of nitrogens with two attached hydrogens (primary N) is 1. The predicted octanol–water partition coefficient (Wildman–Crippen LogP) is 2.27. The highest BCUT2D eigenvalue weighted by Crippen LogP contribution is 2.32. The second-order valence-electron chi connectivity index (χ2n) is 5.16. The van der Waals surface area contributed by atoms with Gasteiger partial charge in [0.25, 0.3) is 5.91 Å². The molecule has 1 aromatic heterocycles. The van der Waals surface area contributed by atoms with Gasteiger partial charge in [-0.3, -0.25) is 4.79 Å². The molecule has 0 atom stereocenters. The first-order valence-electron chi connectivity index (χ1n) is 7.70. The summed E-state index contributed by atoms with van der Waals surface area (Å²) in [4.78, 5) is 11.8. The van der Waals surface area contributed by atoms with E-state index in [1.807, 2.05) is 6.92 Å². The number of aromatic nitrogens is 2. The van der Waals surface area contributed by atoms with Crippen molar-refractivity contribution in [2.75, 3.05) is 25.4 Å². The molecule has 1 amide bonds. The molecule has 1 aromatic carbocycles. The van der Waals surface area contributed by atoms with E-state index in [4.69, 9.17) is 33.7 Å². The van der Waals surface area contributed by atoms with Gasteiger partial charge in [0.1, 0.15) is 5.75 Å². The standard InChI is InChI=1S/C15H19Cl2N5O3/c1-2-5-24-13-9(6-10(16)7-11(13)17)8-19-3-4-20-15(23)12-14(18)22-25-21-12/h6-7,19H,2-5,8H2,1H3,(H2,18,22)(H,20,23). The van der Waals surface area contributed by atoms with Crippen molar-refractivity contribution >= 4 is 34.9 Å². The SMILES string of the molecule is CCCOc1c(Cl)cc(Cl)cc1CNCCNC(=O)c1nonc1N. The van der Waals surface area contributed by atoms with Crippen LogP contribution in [0.3, 0.4) is 0 Å². The van der Waals surface area contributed by atoms with E-state index in [1.54, 1.807) is 12.1 Å². The third kappa shape index (κ3) is 5.48. The lowest BCUT2D eigenvalue weighted by atomic mass is 10.2. The summed E-state index contributed by atoms with van der Waals surface area (Å²) in [5, 5.41) is 13.6. The van der Waals surface area contributed by atoms with E-state index in [0.717, 1.165) is 12.0 Å². The summed E-state index contributed by atoms with van der Waals surface area (Å²) in [6.45, 7) is 3.95. The van der Waals surface area contributed by atoms with E-state index in [0.29, 0.717) is 42.0 Å². The van der Waals surface area contributed by atoms with E-state index < -0.39 is 5.91 Å². The molecule has 10 heteroatoms. The van der Waals surface area contributed by atoms with Crippen LogP contribution in [0.25, 0.3) is 0 Å². The second kappa shape index (κ2) is 9.45. The molecule has 8 nitrogen and oxygen atoms in total. The summed E-state index contributed by atoms with van der Waals surface area (Å²) >= 11 is 12.2. The Bertz CT molecular complexity index is 723. The van der Waals surface area contributed by atoms with Crippen LogP contribution in [0, 0.1) is 0 Å². The fraction of sp³-hybridized carbons (Fsp3) is 0.400. The third-order valence-electron chi connectivity index (χ3n) is 3.17. The fourth-order valence-corrected chi connectivity index (χ4v) is 2.63. The molecule has 0 saturated carbocycles. The van der Waals surface area contributed by atoms with Crippen molar-refractivity contribution in [1.82, 2.24) is 20.9 Å². The van der Waals surface area contributed by atoms with Crippen LogP contribution in [0.1, 0.15) is 29.4 Å². The number of rotatable bonds is 9. The summed E-state index contributed by atoms with van der Waals surface area (Å²) < 4.78 is 10.1. The van der Waals surface area contributed by atoms with Crippen LogP contribution in [-0.2, 0) is 6.54 Å². The van der Waals surface area contributed by atoms with Crippen LogP contribution in [-0.4, -0.2) is 35.9 Å². The van der Waals surface area contributed by atoms with Crippen molar-refractivity contribution in [2.24, 2.45) is 0 Å². The number of nitrogens with zero attached hydrogens (tertiary/aromatic N) is 2. The van der Waals surface area contributed by atoms with Gasteiger partial charge < -0.3 is 21.1 Å². The molecule has 0 bridgehead atoms. The number of amides is 1. The van der Waals surface area contributed by atoms with Gasteiger partial charge in [0.2, 0.25) is 11.5 Å². The van der Waals surface area contributed by atoms with Crippen molar-refractivity contribution in [3.63, 3.8) is 0 Å². The van der Waals surface area contributed by atoms with E-state index in [2.05, 4.69) is 25.6 Å². The highest BCUT2D eigenvalue weighted by Gasteiger charge is 2.15. The molecular formula is C15H19Cl2N5O3.